The quantitative estimate of drug-likeness (QED) is 0.564. The van der Waals surface area contributed by atoms with Crippen molar-refractivity contribution in [3.63, 3.8) is 0 Å². The van der Waals surface area contributed by atoms with Gasteiger partial charge >= 0.3 is 6.18 Å². The Morgan fingerprint density at radius 3 is 2.60 bits per heavy atom. The number of nitrogens with one attached hydrogen (secondary N) is 2. The molecule has 0 bridgehead atoms. The molecular weight excluding hydrogens is 415 g/mol. The van der Waals surface area contributed by atoms with E-state index in [2.05, 4.69) is 25.6 Å². The van der Waals surface area contributed by atoms with E-state index in [9.17, 15) is 13.2 Å². The maximum absolute atomic E-state index is 13.6. The lowest BCUT2D eigenvalue weighted by molar-refractivity contribution is -0.137. The average Bonchev–Trinajstić information content (AvgIpc) is 2.69. The van der Waals surface area contributed by atoms with E-state index < -0.39 is 11.7 Å². The maximum atomic E-state index is 13.6. The summed E-state index contributed by atoms with van der Waals surface area (Å²) in [4.78, 5) is 13.1. The van der Waals surface area contributed by atoms with E-state index in [1.165, 1.54) is 18.2 Å². The first-order valence-corrected chi connectivity index (χ1v) is 9.49. The molecule has 2 aromatic carbocycles. The molecule has 30 heavy (non-hydrogen) atoms. The number of amidine groups is 1. The zero-order chi connectivity index (χ0) is 21.5. The Balaban J connectivity index is 1.90. The van der Waals surface area contributed by atoms with Crippen LogP contribution in [-0.4, -0.2) is 22.3 Å². The van der Waals surface area contributed by atoms with E-state index >= 15 is 0 Å². The Hall–Kier alpha value is -3.13. The largest absolute Gasteiger partial charge is 0.417 e. The number of hydrogen-bond acceptors (Lipinski definition) is 5. The Morgan fingerprint density at radius 1 is 1.07 bits per heavy atom. The van der Waals surface area contributed by atoms with Gasteiger partial charge in [0.1, 0.15) is 11.6 Å². The van der Waals surface area contributed by atoms with Crippen LogP contribution >= 0.6 is 11.6 Å². The van der Waals surface area contributed by atoms with Gasteiger partial charge < -0.3 is 10.6 Å². The van der Waals surface area contributed by atoms with E-state index in [-0.39, 0.29) is 11.4 Å². The van der Waals surface area contributed by atoms with Crippen molar-refractivity contribution >= 4 is 34.2 Å². The predicted molar refractivity (Wildman–Crippen MR) is 112 cm³/mol. The molecule has 2 N–H and O–H groups in total. The van der Waals surface area contributed by atoms with E-state index in [1.54, 1.807) is 18.2 Å². The molecule has 5 nitrogen and oxygen atoms in total. The molecule has 1 aromatic heterocycles. The van der Waals surface area contributed by atoms with Gasteiger partial charge in [-0.3, -0.25) is 4.99 Å². The fourth-order valence-corrected chi connectivity index (χ4v) is 3.31. The molecule has 3 aromatic rings. The first-order valence-electron chi connectivity index (χ1n) is 9.11. The number of nitrogens with zero attached hydrogens (tertiary/aromatic N) is 3. The SMILES string of the molecule is CC1=NCC(C)=C(Nc2nc(-c3ccccc3C(F)(F)F)nc3cc(Cl)ccc23)N1. The van der Waals surface area contributed by atoms with Crippen LogP contribution in [0.15, 0.2) is 58.9 Å². The Morgan fingerprint density at radius 2 is 1.83 bits per heavy atom. The number of anilines is 1. The average molecular weight is 432 g/mol. The van der Waals surface area contributed by atoms with Crippen molar-refractivity contribution in [2.45, 2.75) is 20.0 Å². The van der Waals surface area contributed by atoms with Crippen molar-refractivity contribution in [1.29, 1.82) is 0 Å². The highest BCUT2D eigenvalue weighted by atomic mass is 35.5. The second-order valence-corrected chi connectivity index (χ2v) is 7.34. The van der Waals surface area contributed by atoms with Gasteiger partial charge in [0.2, 0.25) is 0 Å². The Kier molecular flexibility index (Phi) is 5.11. The van der Waals surface area contributed by atoms with Crippen LogP contribution in [0.1, 0.15) is 19.4 Å². The highest BCUT2D eigenvalue weighted by Gasteiger charge is 2.34. The number of fused-ring (bicyclic) bond motifs is 1. The molecule has 4 rings (SSSR count). The lowest BCUT2D eigenvalue weighted by Gasteiger charge is -2.21. The standard InChI is InChI=1S/C21H17ClF3N5/c1-11-10-26-12(2)27-18(11)29-20-15-8-7-13(22)9-17(15)28-19(30-20)14-5-3-4-6-16(14)21(23,24)25/h3-9H,10H2,1-2H3,(H,26,27)(H,28,29,30). The van der Waals surface area contributed by atoms with Crippen molar-refractivity contribution in [3.05, 3.63) is 64.4 Å². The molecule has 0 fully saturated rings. The molecule has 0 saturated heterocycles. The minimum Gasteiger partial charge on any atom is -0.331 e. The fourth-order valence-electron chi connectivity index (χ4n) is 3.14. The summed E-state index contributed by atoms with van der Waals surface area (Å²) in [6.45, 7) is 4.25. The minimum absolute atomic E-state index is 0.0420. The number of aliphatic imine (C=N–C) groups is 1. The van der Waals surface area contributed by atoms with Gasteiger partial charge in [-0.25, -0.2) is 9.97 Å². The second-order valence-electron chi connectivity index (χ2n) is 6.91. The number of hydrogen-bond donors (Lipinski definition) is 2. The maximum Gasteiger partial charge on any atom is 0.417 e. The minimum atomic E-state index is -4.53. The third kappa shape index (κ3) is 3.95. The van der Waals surface area contributed by atoms with Crippen LogP contribution in [0, 0.1) is 0 Å². The molecule has 1 aliphatic rings. The molecule has 0 spiro atoms. The number of rotatable bonds is 3. The van der Waals surface area contributed by atoms with Crippen LogP contribution in [0.2, 0.25) is 5.02 Å². The van der Waals surface area contributed by atoms with Crippen molar-refractivity contribution in [2.24, 2.45) is 4.99 Å². The fraction of sp³-hybridized carbons (Fsp3) is 0.190. The zero-order valence-electron chi connectivity index (χ0n) is 16.1. The van der Waals surface area contributed by atoms with Gasteiger partial charge in [0.25, 0.3) is 0 Å². The van der Waals surface area contributed by atoms with Crippen LogP contribution in [0.25, 0.3) is 22.3 Å². The molecule has 2 heterocycles. The van der Waals surface area contributed by atoms with Gasteiger partial charge in [-0.05, 0) is 43.7 Å². The van der Waals surface area contributed by atoms with Gasteiger partial charge in [0.15, 0.2) is 5.82 Å². The van der Waals surface area contributed by atoms with Crippen LogP contribution in [-0.2, 0) is 6.18 Å². The Labute approximate surface area is 175 Å². The van der Waals surface area contributed by atoms with E-state index in [1.807, 2.05) is 13.8 Å². The molecule has 0 aliphatic carbocycles. The third-order valence-electron chi connectivity index (χ3n) is 4.66. The molecule has 0 saturated carbocycles. The smallest absolute Gasteiger partial charge is 0.331 e. The summed E-state index contributed by atoms with van der Waals surface area (Å²) in [5.74, 6) is 1.75. The van der Waals surface area contributed by atoms with Crippen LogP contribution in [0.5, 0.6) is 0 Å². The summed E-state index contributed by atoms with van der Waals surface area (Å²) in [5.41, 5.74) is 0.478. The van der Waals surface area contributed by atoms with Crippen LogP contribution < -0.4 is 10.6 Å². The number of benzene rings is 2. The van der Waals surface area contributed by atoms with E-state index in [0.29, 0.717) is 34.1 Å². The lowest BCUT2D eigenvalue weighted by atomic mass is 10.1. The van der Waals surface area contributed by atoms with Gasteiger partial charge in [0.05, 0.1) is 23.5 Å². The molecule has 1 aliphatic heterocycles. The molecule has 0 amide bonds. The zero-order valence-corrected chi connectivity index (χ0v) is 16.9. The van der Waals surface area contributed by atoms with Crippen molar-refractivity contribution < 1.29 is 13.2 Å². The van der Waals surface area contributed by atoms with E-state index in [4.69, 9.17) is 11.6 Å². The van der Waals surface area contributed by atoms with E-state index in [0.717, 1.165) is 17.5 Å². The third-order valence-corrected chi connectivity index (χ3v) is 4.90. The topological polar surface area (TPSA) is 62.2 Å². The van der Waals surface area contributed by atoms with Crippen molar-refractivity contribution in [2.75, 3.05) is 11.9 Å². The lowest BCUT2D eigenvalue weighted by Crippen LogP contribution is -2.30. The summed E-state index contributed by atoms with van der Waals surface area (Å²) in [7, 11) is 0. The van der Waals surface area contributed by atoms with Crippen LogP contribution in [0.3, 0.4) is 0 Å². The number of halogens is 4. The Bertz CT molecular complexity index is 1200. The first-order chi connectivity index (χ1) is 14.2. The predicted octanol–water partition coefficient (Wildman–Crippen LogP) is 5.63. The molecule has 9 heteroatoms. The summed E-state index contributed by atoms with van der Waals surface area (Å²) >= 11 is 6.11. The summed E-state index contributed by atoms with van der Waals surface area (Å²) < 4.78 is 40.7. The second kappa shape index (κ2) is 7.60. The van der Waals surface area contributed by atoms with Gasteiger partial charge in [-0.1, -0.05) is 29.8 Å². The number of alkyl halides is 3. The van der Waals surface area contributed by atoms with Crippen molar-refractivity contribution in [1.82, 2.24) is 15.3 Å². The van der Waals surface area contributed by atoms with Crippen molar-refractivity contribution in [3.8, 4) is 11.4 Å². The summed E-state index contributed by atoms with van der Waals surface area (Å²) in [5, 5.41) is 7.40. The summed E-state index contributed by atoms with van der Waals surface area (Å²) in [6.07, 6.45) is -4.53. The molecule has 0 atom stereocenters. The normalized spacial score (nSPS) is 14.5. The summed E-state index contributed by atoms with van der Waals surface area (Å²) in [6, 6.07) is 10.3. The van der Waals surface area contributed by atoms with Crippen LogP contribution in [0.4, 0.5) is 19.0 Å². The molecule has 0 radical (unpaired) electrons. The molecule has 154 valence electrons. The highest BCUT2D eigenvalue weighted by Crippen LogP contribution is 2.37. The van der Waals surface area contributed by atoms with Gasteiger partial charge in [0, 0.05) is 16.0 Å². The molecular formula is C21H17ClF3N5. The monoisotopic (exact) mass is 431 g/mol. The highest BCUT2D eigenvalue weighted by molar-refractivity contribution is 6.31. The van der Waals surface area contributed by atoms with Gasteiger partial charge in [-0.15, -0.1) is 0 Å². The van der Waals surface area contributed by atoms with Gasteiger partial charge in [-0.2, -0.15) is 13.2 Å². The molecule has 0 unspecified atom stereocenters. The first kappa shape index (κ1) is 20.2. The number of aromatic nitrogens is 2.